The van der Waals surface area contributed by atoms with Gasteiger partial charge in [0.15, 0.2) is 11.5 Å². The summed E-state index contributed by atoms with van der Waals surface area (Å²) in [6.07, 6.45) is 0.458. The predicted octanol–water partition coefficient (Wildman–Crippen LogP) is 2.54. The minimum Gasteiger partial charge on any atom is -0.481 e. The number of halogens is 1. The van der Waals surface area contributed by atoms with E-state index in [4.69, 9.17) is 21.2 Å². The first-order valence-corrected chi connectivity index (χ1v) is 7.17. The summed E-state index contributed by atoms with van der Waals surface area (Å²) in [5.74, 6) is -1.26. The number of carboxylic acid groups (broad SMARTS) is 1. The van der Waals surface area contributed by atoms with Gasteiger partial charge in [-0.2, -0.15) is 0 Å². The van der Waals surface area contributed by atoms with Crippen molar-refractivity contribution in [2.45, 2.75) is 6.42 Å². The number of amides is 1. The van der Waals surface area contributed by atoms with E-state index in [-0.39, 0.29) is 18.1 Å². The number of benzene rings is 1. The summed E-state index contributed by atoms with van der Waals surface area (Å²) >= 11 is 5.92. The van der Waals surface area contributed by atoms with Gasteiger partial charge in [0.1, 0.15) is 0 Å². The molecule has 0 saturated carbocycles. The van der Waals surface area contributed by atoms with Gasteiger partial charge in [-0.05, 0) is 18.6 Å². The quantitative estimate of drug-likeness (QED) is 0.939. The number of aliphatic carboxylic acids is 1. The van der Waals surface area contributed by atoms with Crippen LogP contribution in [0, 0.1) is 5.92 Å². The van der Waals surface area contributed by atoms with Gasteiger partial charge in [-0.25, -0.2) is 0 Å². The number of hydrogen-bond donors (Lipinski definition) is 1. The van der Waals surface area contributed by atoms with Crippen LogP contribution in [0.1, 0.15) is 16.9 Å². The average Bonchev–Trinajstić information content (AvgIpc) is 3.16. The third-order valence-corrected chi connectivity index (χ3v) is 3.90. The fourth-order valence-electron chi connectivity index (χ4n) is 2.46. The van der Waals surface area contributed by atoms with Gasteiger partial charge >= 0.3 is 5.97 Å². The Morgan fingerprint density at radius 2 is 2.18 bits per heavy atom. The minimum absolute atomic E-state index is 0.168. The molecule has 1 N–H and O–H groups in total. The molecule has 0 aliphatic carbocycles. The van der Waals surface area contributed by atoms with E-state index in [0.29, 0.717) is 23.7 Å². The molecule has 6 nitrogen and oxygen atoms in total. The van der Waals surface area contributed by atoms with E-state index >= 15 is 0 Å². The zero-order valence-electron chi connectivity index (χ0n) is 11.5. The maximum atomic E-state index is 12.3. The highest BCUT2D eigenvalue weighted by atomic mass is 35.5. The molecule has 1 saturated heterocycles. The molecule has 0 radical (unpaired) electrons. The average molecular weight is 321 g/mol. The normalized spacial score (nSPS) is 17.7. The lowest BCUT2D eigenvalue weighted by atomic mass is 10.1. The molecule has 1 aliphatic heterocycles. The zero-order valence-corrected chi connectivity index (χ0v) is 12.3. The van der Waals surface area contributed by atoms with Crippen molar-refractivity contribution in [3.8, 4) is 11.3 Å². The van der Waals surface area contributed by atoms with E-state index in [0.717, 1.165) is 5.56 Å². The van der Waals surface area contributed by atoms with Gasteiger partial charge < -0.3 is 14.5 Å². The maximum absolute atomic E-state index is 12.3. The van der Waals surface area contributed by atoms with Crippen molar-refractivity contribution in [1.29, 1.82) is 0 Å². The number of carbonyl (C=O) groups is 2. The molecule has 2 aromatic rings. The molecule has 1 atom stereocenters. The van der Waals surface area contributed by atoms with Crippen LogP contribution < -0.4 is 0 Å². The standard InChI is InChI=1S/C15H13ClN2O4/c16-11-3-1-2-9(6-11)13-7-12(17-22-13)14(19)18-5-4-10(8-18)15(20)21/h1-3,6-7,10H,4-5,8H2,(H,20,21)/t10-/m1/s1. The van der Waals surface area contributed by atoms with E-state index in [1.54, 1.807) is 30.3 Å². The molecular weight excluding hydrogens is 308 g/mol. The molecule has 22 heavy (non-hydrogen) atoms. The Hall–Kier alpha value is -2.34. The highest BCUT2D eigenvalue weighted by Crippen LogP contribution is 2.25. The number of aromatic nitrogens is 1. The van der Waals surface area contributed by atoms with Crippen LogP contribution in [0.25, 0.3) is 11.3 Å². The molecule has 0 spiro atoms. The Balaban J connectivity index is 1.77. The first-order valence-electron chi connectivity index (χ1n) is 6.79. The molecule has 7 heteroatoms. The van der Waals surface area contributed by atoms with Crippen molar-refractivity contribution in [1.82, 2.24) is 10.1 Å². The van der Waals surface area contributed by atoms with Gasteiger partial charge in [0.05, 0.1) is 5.92 Å². The van der Waals surface area contributed by atoms with E-state index in [9.17, 15) is 9.59 Å². The Kier molecular flexibility index (Phi) is 3.85. The largest absolute Gasteiger partial charge is 0.481 e. The zero-order chi connectivity index (χ0) is 15.7. The molecule has 114 valence electrons. The second kappa shape index (κ2) is 5.81. The minimum atomic E-state index is -0.880. The first kappa shape index (κ1) is 14.6. The third-order valence-electron chi connectivity index (χ3n) is 3.66. The van der Waals surface area contributed by atoms with Crippen LogP contribution in [-0.4, -0.2) is 40.1 Å². The molecule has 0 unspecified atom stereocenters. The molecule has 0 bridgehead atoms. The van der Waals surface area contributed by atoms with Gasteiger partial charge in [-0.3, -0.25) is 9.59 Å². The molecule has 1 aromatic heterocycles. The number of rotatable bonds is 3. The Morgan fingerprint density at radius 1 is 1.36 bits per heavy atom. The SMILES string of the molecule is O=C(O)[C@@H]1CCN(C(=O)c2cc(-c3cccc(Cl)c3)on2)C1. The van der Waals surface area contributed by atoms with Crippen molar-refractivity contribution < 1.29 is 19.2 Å². The fraction of sp³-hybridized carbons (Fsp3) is 0.267. The van der Waals surface area contributed by atoms with Crippen LogP contribution in [0.2, 0.25) is 5.02 Å². The van der Waals surface area contributed by atoms with Crippen molar-refractivity contribution >= 4 is 23.5 Å². The smallest absolute Gasteiger partial charge is 0.308 e. The van der Waals surface area contributed by atoms with Gasteiger partial charge in [0.25, 0.3) is 5.91 Å². The number of nitrogens with zero attached hydrogens (tertiary/aromatic N) is 2. The summed E-state index contributed by atoms with van der Waals surface area (Å²) < 4.78 is 5.19. The second-order valence-corrected chi connectivity index (χ2v) is 5.60. The van der Waals surface area contributed by atoms with E-state index in [1.165, 1.54) is 4.90 Å². The summed E-state index contributed by atoms with van der Waals surface area (Å²) in [6, 6.07) is 8.58. The summed E-state index contributed by atoms with van der Waals surface area (Å²) in [6.45, 7) is 0.614. The van der Waals surface area contributed by atoms with Crippen LogP contribution in [0.4, 0.5) is 0 Å². The fourth-order valence-corrected chi connectivity index (χ4v) is 2.65. The summed E-state index contributed by atoms with van der Waals surface area (Å²) in [4.78, 5) is 24.7. The molecule has 3 rings (SSSR count). The number of hydrogen-bond acceptors (Lipinski definition) is 4. The lowest BCUT2D eigenvalue weighted by Gasteiger charge is -2.13. The molecular formula is C15H13ClN2O4. The maximum Gasteiger partial charge on any atom is 0.308 e. The number of carbonyl (C=O) groups excluding carboxylic acids is 1. The molecule has 2 heterocycles. The predicted molar refractivity (Wildman–Crippen MR) is 78.6 cm³/mol. The lowest BCUT2D eigenvalue weighted by molar-refractivity contribution is -0.141. The monoisotopic (exact) mass is 320 g/mol. The van der Waals surface area contributed by atoms with Crippen molar-refractivity contribution in [2.24, 2.45) is 5.92 Å². The van der Waals surface area contributed by atoms with Crippen LogP contribution in [0.5, 0.6) is 0 Å². The third kappa shape index (κ3) is 2.82. The molecule has 1 aliphatic rings. The number of carboxylic acids is 1. The van der Waals surface area contributed by atoms with Gasteiger partial charge in [-0.15, -0.1) is 0 Å². The molecule has 1 amide bonds. The molecule has 1 fully saturated rings. The molecule has 1 aromatic carbocycles. The summed E-state index contributed by atoms with van der Waals surface area (Å²) in [5.41, 5.74) is 0.893. The Bertz CT molecular complexity index is 728. The van der Waals surface area contributed by atoms with Crippen LogP contribution in [-0.2, 0) is 4.79 Å². The van der Waals surface area contributed by atoms with Crippen LogP contribution in [0.3, 0.4) is 0 Å². The first-order chi connectivity index (χ1) is 10.5. The number of likely N-dealkylation sites (tertiary alicyclic amines) is 1. The Labute approximate surface area is 131 Å². The summed E-state index contributed by atoms with van der Waals surface area (Å²) in [7, 11) is 0. The van der Waals surface area contributed by atoms with E-state index < -0.39 is 11.9 Å². The second-order valence-electron chi connectivity index (χ2n) is 5.16. The van der Waals surface area contributed by atoms with Gasteiger partial charge in [-0.1, -0.05) is 28.9 Å². The van der Waals surface area contributed by atoms with E-state index in [1.807, 2.05) is 0 Å². The van der Waals surface area contributed by atoms with Crippen LogP contribution in [0.15, 0.2) is 34.9 Å². The van der Waals surface area contributed by atoms with E-state index in [2.05, 4.69) is 5.16 Å². The topological polar surface area (TPSA) is 83.6 Å². The highest BCUT2D eigenvalue weighted by molar-refractivity contribution is 6.30. The van der Waals surface area contributed by atoms with Crippen LogP contribution >= 0.6 is 11.6 Å². The Morgan fingerprint density at radius 3 is 2.86 bits per heavy atom. The van der Waals surface area contributed by atoms with Crippen molar-refractivity contribution in [3.63, 3.8) is 0 Å². The highest BCUT2D eigenvalue weighted by Gasteiger charge is 2.32. The van der Waals surface area contributed by atoms with Crippen molar-refractivity contribution in [2.75, 3.05) is 13.1 Å². The van der Waals surface area contributed by atoms with Gasteiger partial charge in [0.2, 0.25) is 0 Å². The van der Waals surface area contributed by atoms with Crippen molar-refractivity contribution in [3.05, 3.63) is 41.0 Å². The van der Waals surface area contributed by atoms with Gasteiger partial charge in [0, 0.05) is 29.7 Å². The summed E-state index contributed by atoms with van der Waals surface area (Å²) in [5, 5.41) is 13.3. The lowest BCUT2D eigenvalue weighted by Crippen LogP contribution is -2.30.